The molecule has 0 atom stereocenters. The molecule has 0 aliphatic rings. The number of amides is 4. The third kappa shape index (κ3) is 15.1. The monoisotopic (exact) mass is 879 g/mol. The molecule has 0 spiro atoms. The van der Waals surface area contributed by atoms with Crippen molar-refractivity contribution in [1.29, 1.82) is 0 Å². The molecule has 4 N–H and O–H groups in total. The van der Waals surface area contributed by atoms with E-state index in [1.807, 2.05) is 52.8 Å². The lowest BCUT2D eigenvalue weighted by Crippen LogP contribution is -2.20. The number of carbonyl (C=O) groups is 2. The molecule has 7 rings (SSSR count). The van der Waals surface area contributed by atoms with Crippen molar-refractivity contribution >= 4 is 69.6 Å². The summed E-state index contributed by atoms with van der Waals surface area (Å²) >= 11 is 17.5. The highest BCUT2D eigenvalue weighted by Crippen LogP contribution is 2.27. The zero-order valence-corrected chi connectivity index (χ0v) is 36.0. The Balaban J connectivity index is 0.000000195. The molecule has 15 heteroatoms. The molecule has 0 aliphatic heterocycles. The molecule has 0 fully saturated rings. The highest BCUT2D eigenvalue weighted by atomic mass is 35.5. The van der Waals surface area contributed by atoms with E-state index >= 15 is 0 Å². The molecule has 0 bridgehead atoms. The average Bonchev–Trinajstić information content (AvgIpc) is 3.20. The van der Waals surface area contributed by atoms with Crippen molar-refractivity contribution in [2.45, 2.75) is 34.6 Å². The minimum atomic E-state index is -0.610. The first-order valence-electron chi connectivity index (χ1n) is 18.6. The highest BCUT2D eigenvalue weighted by Gasteiger charge is 2.11. The van der Waals surface area contributed by atoms with Crippen LogP contribution in [0.15, 0.2) is 134 Å². The molecule has 7 aromatic rings. The van der Waals surface area contributed by atoms with Crippen LogP contribution in [0.2, 0.25) is 15.1 Å². The number of pyridine rings is 3. The molecule has 3 aromatic heterocycles. The summed E-state index contributed by atoms with van der Waals surface area (Å²) in [4.78, 5) is 36.3. The summed E-state index contributed by atoms with van der Waals surface area (Å²) in [7, 11) is 0. The van der Waals surface area contributed by atoms with Gasteiger partial charge < -0.3 is 30.7 Å². The fourth-order valence-electron chi connectivity index (χ4n) is 5.24. The zero-order valence-electron chi connectivity index (χ0n) is 33.7. The van der Waals surface area contributed by atoms with Gasteiger partial charge in [0.15, 0.2) is 0 Å². The number of aromatic nitrogens is 3. The smallest absolute Gasteiger partial charge is 0.323 e. The number of anilines is 4. The summed E-state index contributed by atoms with van der Waals surface area (Å²) in [6.07, 6.45) is 5.00. The van der Waals surface area contributed by atoms with Crippen molar-refractivity contribution in [3.63, 3.8) is 0 Å². The second-order valence-electron chi connectivity index (χ2n) is 13.3. The summed E-state index contributed by atoms with van der Waals surface area (Å²) in [5, 5.41) is 12.7. The van der Waals surface area contributed by atoms with Gasteiger partial charge in [0.25, 0.3) is 0 Å². The average molecular weight is 881 g/mol. The number of aryl methyl sites for hydroxylation is 5. The van der Waals surface area contributed by atoms with Gasteiger partial charge in [-0.15, -0.1) is 0 Å². The normalized spacial score (nSPS) is 10.2. The first-order valence-corrected chi connectivity index (χ1v) is 19.7. The maximum absolute atomic E-state index is 14.3. The first kappa shape index (κ1) is 45.4. The number of nitrogens with one attached hydrogen (secondary N) is 4. The Bertz CT molecular complexity index is 2600. The van der Waals surface area contributed by atoms with E-state index in [0.29, 0.717) is 50.1 Å². The molecule has 11 nitrogen and oxygen atoms in total. The Morgan fingerprint density at radius 3 is 1.36 bits per heavy atom. The summed E-state index contributed by atoms with van der Waals surface area (Å²) in [5.74, 6) is 1.65. The van der Waals surface area contributed by atoms with E-state index in [0.717, 1.165) is 33.2 Å². The topological polar surface area (TPSA) is 139 Å². The predicted molar refractivity (Wildman–Crippen MR) is 243 cm³/mol. The van der Waals surface area contributed by atoms with Crippen LogP contribution in [0.1, 0.15) is 28.2 Å². The fourth-order valence-corrected chi connectivity index (χ4v) is 5.69. The molecule has 0 saturated carbocycles. The van der Waals surface area contributed by atoms with Crippen LogP contribution in [0.5, 0.6) is 23.0 Å². The molecular formula is C46H41Cl3FN7O4. The van der Waals surface area contributed by atoms with Crippen molar-refractivity contribution in [2.75, 3.05) is 21.3 Å². The Morgan fingerprint density at radius 2 is 0.902 bits per heavy atom. The van der Waals surface area contributed by atoms with Gasteiger partial charge in [0.1, 0.15) is 28.8 Å². The van der Waals surface area contributed by atoms with Gasteiger partial charge in [-0.1, -0.05) is 34.8 Å². The van der Waals surface area contributed by atoms with Crippen molar-refractivity contribution in [1.82, 2.24) is 15.0 Å². The van der Waals surface area contributed by atoms with E-state index in [-0.39, 0.29) is 11.7 Å². The van der Waals surface area contributed by atoms with Gasteiger partial charge in [-0.2, -0.15) is 0 Å². The van der Waals surface area contributed by atoms with Crippen LogP contribution in [0.3, 0.4) is 0 Å². The van der Waals surface area contributed by atoms with Crippen LogP contribution >= 0.6 is 34.8 Å². The first-order chi connectivity index (χ1) is 29.2. The molecule has 3 heterocycles. The maximum Gasteiger partial charge on any atom is 0.323 e. The lowest BCUT2D eigenvalue weighted by molar-refractivity contribution is 0.261. The Labute approximate surface area is 368 Å². The number of carbonyl (C=O) groups excluding carboxylic acids is 2. The van der Waals surface area contributed by atoms with E-state index in [4.69, 9.17) is 44.3 Å². The molecular weight excluding hydrogens is 840 g/mol. The minimum Gasteiger partial charge on any atom is -0.457 e. The second kappa shape index (κ2) is 22.0. The van der Waals surface area contributed by atoms with Gasteiger partial charge in [-0.25, -0.2) is 14.0 Å². The molecule has 61 heavy (non-hydrogen) atoms. The van der Waals surface area contributed by atoms with Gasteiger partial charge in [0.05, 0.1) is 5.69 Å². The van der Waals surface area contributed by atoms with Gasteiger partial charge in [0, 0.05) is 86.0 Å². The van der Waals surface area contributed by atoms with Gasteiger partial charge in [-0.05, 0) is 143 Å². The number of rotatable bonds is 8. The number of hydrogen-bond donors (Lipinski definition) is 4. The molecule has 0 radical (unpaired) electrons. The summed E-state index contributed by atoms with van der Waals surface area (Å²) in [6, 6.07) is 31.5. The summed E-state index contributed by atoms with van der Waals surface area (Å²) < 4.78 is 25.7. The maximum atomic E-state index is 14.3. The Morgan fingerprint density at radius 1 is 0.475 bits per heavy atom. The standard InChI is InChI=1S/C20H17ClFN3O2.C20H18ClN3O2.C6H6ClN/c1-12-9-14(3-5-17(12)21)24-20(26)25-19-6-4-15(11-18(19)22)27-16-7-8-23-13(2)10-16;1-13-11-16(5-8-19(13)21)24-20(25)23-15-3-6-17(7-4-15)26-18-9-10-22-14(2)12-18;1-5-4-6(7)2-3-8-5/h3-11H,1-2H3,(H2,24,25,26);3-12H,1-2H3,(H2,23,24,25);2-4H,1H3. The molecule has 0 saturated heterocycles. The number of urea groups is 2. The van der Waals surface area contributed by atoms with Crippen LogP contribution in [0.25, 0.3) is 0 Å². The quantitative estimate of drug-likeness (QED) is 0.119. The second-order valence-corrected chi connectivity index (χ2v) is 14.6. The third-order valence-electron chi connectivity index (χ3n) is 8.20. The molecule has 312 valence electrons. The summed E-state index contributed by atoms with van der Waals surface area (Å²) in [6.45, 7) is 9.36. The molecule has 4 amide bonds. The van der Waals surface area contributed by atoms with Crippen LogP contribution < -0.4 is 30.7 Å². The van der Waals surface area contributed by atoms with E-state index in [2.05, 4.69) is 36.2 Å². The van der Waals surface area contributed by atoms with E-state index in [9.17, 15) is 14.0 Å². The van der Waals surface area contributed by atoms with Gasteiger partial charge >= 0.3 is 12.1 Å². The number of ether oxygens (including phenoxy) is 2. The van der Waals surface area contributed by atoms with Crippen LogP contribution in [-0.4, -0.2) is 27.0 Å². The van der Waals surface area contributed by atoms with E-state index in [1.165, 1.54) is 12.1 Å². The van der Waals surface area contributed by atoms with Crippen molar-refractivity contribution in [2.24, 2.45) is 0 Å². The number of halogens is 4. The highest BCUT2D eigenvalue weighted by molar-refractivity contribution is 6.32. The van der Waals surface area contributed by atoms with Crippen molar-refractivity contribution < 1.29 is 23.5 Å². The van der Waals surface area contributed by atoms with E-state index < -0.39 is 11.8 Å². The molecule has 0 aliphatic carbocycles. The van der Waals surface area contributed by atoms with Crippen LogP contribution in [0.4, 0.5) is 36.7 Å². The Kier molecular flexibility index (Phi) is 16.4. The molecule has 4 aromatic carbocycles. The number of hydrogen-bond acceptors (Lipinski definition) is 7. The minimum absolute atomic E-state index is 0.0384. The van der Waals surface area contributed by atoms with Gasteiger partial charge in [0.2, 0.25) is 0 Å². The van der Waals surface area contributed by atoms with Crippen LogP contribution in [-0.2, 0) is 0 Å². The third-order valence-corrected chi connectivity index (χ3v) is 9.28. The predicted octanol–water partition coefficient (Wildman–Crippen LogP) is 13.8. The SMILES string of the molecule is Cc1cc(Cl)ccn1.Cc1cc(Oc2ccc(NC(=O)Nc3ccc(Cl)c(C)c3)c(F)c2)ccn1.Cc1cc(Oc2ccc(NC(=O)Nc3ccc(Cl)c(C)c3)cc2)ccn1. The summed E-state index contributed by atoms with van der Waals surface area (Å²) in [5.41, 5.74) is 6.29. The fraction of sp³-hybridized carbons (Fsp3) is 0.109. The van der Waals surface area contributed by atoms with Crippen molar-refractivity contribution in [3.05, 3.63) is 183 Å². The molecule has 0 unspecified atom stereocenters. The van der Waals surface area contributed by atoms with Crippen molar-refractivity contribution in [3.8, 4) is 23.0 Å². The van der Waals surface area contributed by atoms with Gasteiger partial charge in [-0.3, -0.25) is 15.0 Å². The van der Waals surface area contributed by atoms with Crippen LogP contribution in [0, 0.1) is 40.4 Å². The lowest BCUT2D eigenvalue weighted by atomic mass is 10.2. The Hall–Kier alpha value is -6.73. The zero-order chi connectivity index (χ0) is 43.9. The number of nitrogens with zero attached hydrogens (tertiary/aromatic N) is 3. The lowest BCUT2D eigenvalue weighted by Gasteiger charge is -2.11. The van der Waals surface area contributed by atoms with E-state index in [1.54, 1.807) is 104 Å². The number of benzene rings is 4. The largest absolute Gasteiger partial charge is 0.457 e.